The summed E-state index contributed by atoms with van der Waals surface area (Å²) < 4.78 is 0. The van der Waals surface area contributed by atoms with Crippen LogP contribution >= 0.6 is 17.0 Å². The minimum absolute atomic E-state index is 0.826. The second kappa shape index (κ2) is 10.7. The van der Waals surface area contributed by atoms with Crippen LogP contribution in [0.25, 0.3) is 33.0 Å². The van der Waals surface area contributed by atoms with Gasteiger partial charge in [0.1, 0.15) is 0 Å². The standard InChI is InChI=1S/C26H25.2ClH.Zr/c1-4-8-21-11-12-22-16-23(20-9-6-5-7-10-20)17-25(22)26(21)24-14-18(2)13-19(3)15-24;;;/h5-7,9-17H,4,8H2,1-3H3;2*1H;/q-1;;;+2/p-2. The topological polar surface area (TPSA) is 0 Å². The van der Waals surface area contributed by atoms with E-state index in [4.69, 9.17) is 17.0 Å². The van der Waals surface area contributed by atoms with Gasteiger partial charge in [0.05, 0.1) is 0 Å². The van der Waals surface area contributed by atoms with Crippen molar-refractivity contribution < 1.29 is 20.8 Å². The fourth-order valence-corrected chi connectivity index (χ4v) is 4.06. The van der Waals surface area contributed by atoms with Crippen LogP contribution in [0.2, 0.25) is 0 Å². The summed E-state index contributed by atoms with van der Waals surface area (Å²) in [5.74, 6) is 0. The van der Waals surface area contributed by atoms with Crippen LogP contribution in [0, 0.1) is 13.8 Å². The zero-order valence-electron chi connectivity index (χ0n) is 17.1. The van der Waals surface area contributed by atoms with E-state index in [-0.39, 0.29) is 0 Å². The SMILES string of the molecule is CCCc1ccc2[cH-]c(-c3ccccc3)cc2c1-c1cc(C)cc(C)c1.[Cl][Zr][Cl]. The number of hydrogen-bond donors (Lipinski definition) is 0. The third-order valence-corrected chi connectivity index (χ3v) is 5.11. The van der Waals surface area contributed by atoms with E-state index in [9.17, 15) is 0 Å². The fourth-order valence-electron chi connectivity index (χ4n) is 4.06. The Morgan fingerprint density at radius 2 is 1.48 bits per heavy atom. The van der Waals surface area contributed by atoms with Gasteiger partial charge >= 0.3 is 37.9 Å². The van der Waals surface area contributed by atoms with Crippen LogP contribution in [0.1, 0.15) is 30.0 Å². The van der Waals surface area contributed by atoms with Crippen molar-refractivity contribution in [3.63, 3.8) is 0 Å². The van der Waals surface area contributed by atoms with E-state index in [1.807, 2.05) is 0 Å². The zero-order chi connectivity index (χ0) is 20.8. The molecule has 4 rings (SSSR count). The van der Waals surface area contributed by atoms with Gasteiger partial charge in [-0.25, -0.2) is 0 Å². The van der Waals surface area contributed by atoms with Crippen molar-refractivity contribution in [2.24, 2.45) is 0 Å². The van der Waals surface area contributed by atoms with Gasteiger partial charge in [0, 0.05) is 0 Å². The molecule has 29 heavy (non-hydrogen) atoms. The van der Waals surface area contributed by atoms with Gasteiger partial charge in [-0.15, -0.1) is 34.5 Å². The van der Waals surface area contributed by atoms with Crippen molar-refractivity contribution in [1.29, 1.82) is 0 Å². The molecule has 0 aromatic heterocycles. The third kappa shape index (κ3) is 5.46. The Kier molecular flexibility index (Phi) is 8.25. The summed E-state index contributed by atoms with van der Waals surface area (Å²) in [6.07, 6.45) is 2.28. The van der Waals surface area contributed by atoms with E-state index in [1.165, 1.54) is 49.7 Å². The second-order valence-electron chi connectivity index (χ2n) is 7.41. The van der Waals surface area contributed by atoms with Crippen LogP contribution in [0.15, 0.2) is 72.8 Å². The molecule has 0 spiro atoms. The average Bonchev–Trinajstić information content (AvgIpc) is 3.13. The molecule has 0 unspecified atom stereocenters. The predicted molar refractivity (Wildman–Crippen MR) is 126 cm³/mol. The summed E-state index contributed by atoms with van der Waals surface area (Å²) >= 11 is -0.826. The van der Waals surface area contributed by atoms with E-state index in [1.54, 1.807) is 0 Å². The molecule has 0 aliphatic rings. The van der Waals surface area contributed by atoms with Crippen molar-refractivity contribution in [3.8, 4) is 22.3 Å². The Hall–Kier alpha value is -1.27. The Morgan fingerprint density at radius 3 is 2.10 bits per heavy atom. The van der Waals surface area contributed by atoms with Crippen molar-refractivity contribution >= 4 is 27.8 Å². The van der Waals surface area contributed by atoms with Gasteiger partial charge in [0.2, 0.25) is 0 Å². The third-order valence-electron chi connectivity index (χ3n) is 5.11. The van der Waals surface area contributed by atoms with Crippen LogP contribution in [-0.4, -0.2) is 0 Å². The quantitative estimate of drug-likeness (QED) is 0.246. The van der Waals surface area contributed by atoms with Crippen molar-refractivity contribution in [3.05, 3.63) is 89.5 Å². The Morgan fingerprint density at radius 1 is 0.828 bits per heavy atom. The summed E-state index contributed by atoms with van der Waals surface area (Å²) in [4.78, 5) is 0. The van der Waals surface area contributed by atoms with Gasteiger partial charge in [0.15, 0.2) is 0 Å². The molecule has 0 amide bonds. The first-order valence-corrected chi connectivity index (χ1v) is 16.2. The van der Waals surface area contributed by atoms with Crippen molar-refractivity contribution in [1.82, 2.24) is 0 Å². The number of rotatable bonds is 4. The maximum absolute atomic E-state index is 4.93. The first-order valence-electron chi connectivity index (χ1n) is 9.90. The Labute approximate surface area is 192 Å². The zero-order valence-corrected chi connectivity index (χ0v) is 21.1. The molecule has 0 saturated heterocycles. The number of aryl methyl sites for hydroxylation is 3. The molecule has 0 atom stereocenters. The van der Waals surface area contributed by atoms with E-state index in [2.05, 4.69) is 93.6 Å². The number of hydrogen-bond acceptors (Lipinski definition) is 0. The van der Waals surface area contributed by atoms with E-state index in [0.29, 0.717) is 0 Å². The molecule has 0 nitrogen and oxygen atoms in total. The minimum atomic E-state index is -0.826. The van der Waals surface area contributed by atoms with Gasteiger partial charge in [-0.1, -0.05) is 90.2 Å². The van der Waals surface area contributed by atoms with Crippen LogP contribution < -0.4 is 0 Å². The Bertz CT molecular complexity index is 1060. The monoisotopic (exact) mass is 497 g/mol. The van der Waals surface area contributed by atoms with Crippen LogP contribution in [0.4, 0.5) is 0 Å². The molecule has 0 saturated carbocycles. The molecule has 0 aliphatic carbocycles. The maximum atomic E-state index is 4.93. The van der Waals surface area contributed by atoms with Gasteiger partial charge in [-0.3, -0.25) is 0 Å². The molecule has 0 N–H and O–H groups in total. The molecule has 0 radical (unpaired) electrons. The summed E-state index contributed by atoms with van der Waals surface area (Å²) in [5, 5.41) is 2.71. The van der Waals surface area contributed by atoms with Crippen LogP contribution in [-0.2, 0) is 27.3 Å². The summed E-state index contributed by atoms with van der Waals surface area (Å²) in [6.45, 7) is 6.64. The summed E-state index contributed by atoms with van der Waals surface area (Å²) in [6, 6.07) is 26.9. The molecule has 0 heterocycles. The molecule has 4 aromatic rings. The molecular weight excluding hydrogens is 474 g/mol. The molecule has 148 valence electrons. The molecule has 0 fully saturated rings. The van der Waals surface area contributed by atoms with Crippen molar-refractivity contribution in [2.45, 2.75) is 33.6 Å². The van der Waals surface area contributed by atoms with Gasteiger partial charge in [-0.2, -0.15) is 0 Å². The Balaban J connectivity index is 0.000000755. The summed E-state index contributed by atoms with van der Waals surface area (Å²) in [7, 11) is 9.87. The second-order valence-corrected chi connectivity index (χ2v) is 11.1. The van der Waals surface area contributed by atoms with Gasteiger partial charge in [-0.05, 0) is 31.4 Å². The van der Waals surface area contributed by atoms with E-state index >= 15 is 0 Å². The molecule has 0 bridgehead atoms. The van der Waals surface area contributed by atoms with Crippen molar-refractivity contribution in [2.75, 3.05) is 0 Å². The van der Waals surface area contributed by atoms with Crippen LogP contribution in [0.5, 0.6) is 0 Å². The van der Waals surface area contributed by atoms with Crippen LogP contribution in [0.3, 0.4) is 0 Å². The number of halogens is 2. The first-order chi connectivity index (χ1) is 14.1. The van der Waals surface area contributed by atoms with E-state index < -0.39 is 20.8 Å². The van der Waals surface area contributed by atoms with Gasteiger partial charge < -0.3 is 0 Å². The number of benzene rings is 3. The molecule has 4 aromatic carbocycles. The summed E-state index contributed by atoms with van der Waals surface area (Å²) in [5.41, 5.74) is 9.46. The average molecular weight is 500 g/mol. The number of fused-ring (bicyclic) bond motifs is 1. The van der Waals surface area contributed by atoms with E-state index in [0.717, 1.165) is 12.8 Å². The molecule has 0 aliphatic heterocycles. The normalized spacial score (nSPS) is 10.5. The predicted octanol–water partition coefficient (Wildman–Crippen LogP) is 8.84. The fraction of sp³-hybridized carbons (Fsp3) is 0.192. The first kappa shape index (κ1) is 22.4. The molecule has 3 heteroatoms. The van der Waals surface area contributed by atoms with Gasteiger partial charge in [0.25, 0.3) is 0 Å². The molecular formula is C26H25Cl2Zr-.